The fourth-order valence-electron chi connectivity index (χ4n) is 4.38. The zero-order valence-electron chi connectivity index (χ0n) is 17.8. The Morgan fingerprint density at radius 2 is 1.59 bits per heavy atom. The molecular weight excluding hydrogens is 396 g/mol. The monoisotopic (exact) mass is 432 g/mol. The standard InChI is InChI=1S/C19H36N4O5S/c1-3-21(4-2)14-9-20-18(24)17-5-10-22(11-6-17)29(25,26)23-12-7-19(8-13-23)27-15-16-28-19/h17H,3-16H2,1-2H3,(H,20,24). The topological polar surface area (TPSA) is 91.4 Å². The molecule has 3 aliphatic heterocycles. The average Bonchev–Trinajstić information content (AvgIpc) is 3.19. The number of hydrogen-bond donors (Lipinski definition) is 1. The molecule has 3 fully saturated rings. The molecule has 0 atom stereocenters. The third-order valence-corrected chi connectivity index (χ3v) is 8.43. The number of amides is 1. The second kappa shape index (κ2) is 10.0. The van der Waals surface area contributed by atoms with Gasteiger partial charge in [0.2, 0.25) is 5.91 Å². The van der Waals surface area contributed by atoms with E-state index in [1.165, 1.54) is 8.61 Å². The van der Waals surface area contributed by atoms with Gasteiger partial charge in [-0.2, -0.15) is 17.0 Å². The van der Waals surface area contributed by atoms with Gasteiger partial charge in [-0.15, -0.1) is 0 Å². The highest BCUT2D eigenvalue weighted by atomic mass is 32.2. The molecule has 9 nitrogen and oxygen atoms in total. The molecule has 0 aromatic carbocycles. The molecule has 1 spiro atoms. The van der Waals surface area contributed by atoms with E-state index in [0.717, 1.165) is 19.6 Å². The first-order chi connectivity index (χ1) is 13.9. The Kier molecular flexibility index (Phi) is 7.91. The molecule has 0 saturated carbocycles. The van der Waals surface area contributed by atoms with Crippen LogP contribution in [-0.2, 0) is 24.5 Å². The normalized spacial score (nSPS) is 24.4. The van der Waals surface area contributed by atoms with E-state index in [-0.39, 0.29) is 11.8 Å². The molecule has 0 aromatic heterocycles. The van der Waals surface area contributed by atoms with Crippen LogP contribution in [0.4, 0.5) is 0 Å². The van der Waals surface area contributed by atoms with Gasteiger partial charge in [-0.1, -0.05) is 13.8 Å². The van der Waals surface area contributed by atoms with Crippen molar-refractivity contribution in [1.82, 2.24) is 18.8 Å². The molecule has 0 aromatic rings. The third kappa shape index (κ3) is 5.48. The van der Waals surface area contributed by atoms with Crippen molar-refractivity contribution in [2.45, 2.75) is 45.3 Å². The molecule has 0 bridgehead atoms. The van der Waals surface area contributed by atoms with Crippen LogP contribution in [0.15, 0.2) is 0 Å². The van der Waals surface area contributed by atoms with Gasteiger partial charge in [0.05, 0.1) is 13.2 Å². The summed E-state index contributed by atoms with van der Waals surface area (Å²) in [5, 5.41) is 3.01. The van der Waals surface area contributed by atoms with Crippen LogP contribution in [-0.4, -0.2) is 99.2 Å². The molecule has 1 amide bonds. The maximum absolute atomic E-state index is 13.0. The van der Waals surface area contributed by atoms with E-state index in [2.05, 4.69) is 24.1 Å². The van der Waals surface area contributed by atoms with Crippen LogP contribution in [0.5, 0.6) is 0 Å². The molecule has 0 radical (unpaired) electrons. The zero-order valence-corrected chi connectivity index (χ0v) is 18.6. The number of ether oxygens (including phenoxy) is 2. The van der Waals surface area contributed by atoms with Gasteiger partial charge in [0.25, 0.3) is 10.2 Å². The summed E-state index contributed by atoms with van der Waals surface area (Å²) >= 11 is 0. The maximum atomic E-state index is 13.0. The zero-order chi connectivity index (χ0) is 20.9. The number of likely N-dealkylation sites (N-methyl/N-ethyl adjacent to an activating group) is 1. The highest BCUT2D eigenvalue weighted by Crippen LogP contribution is 2.33. The van der Waals surface area contributed by atoms with Crippen molar-refractivity contribution in [3.8, 4) is 0 Å². The number of hydrogen-bond acceptors (Lipinski definition) is 6. The Morgan fingerprint density at radius 1 is 1.03 bits per heavy atom. The molecule has 3 rings (SSSR count). The Morgan fingerprint density at radius 3 is 2.14 bits per heavy atom. The van der Waals surface area contributed by atoms with E-state index >= 15 is 0 Å². The molecular formula is C19H36N4O5S. The van der Waals surface area contributed by atoms with Gasteiger partial charge in [0, 0.05) is 58.0 Å². The summed E-state index contributed by atoms with van der Waals surface area (Å²) in [5.74, 6) is -0.643. The lowest BCUT2D eigenvalue weighted by Gasteiger charge is -2.40. The number of nitrogens with one attached hydrogen (secondary N) is 1. The van der Waals surface area contributed by atoms with Gasteiger partial charge in [-0.05, 0) is 25.9 Å². The summed E-state index contributed by atoms with van der Waals surface area (Å²) in [6.45, 7) is 10.4. The maximum Gasteiger partial charge on any atom is 0.281 e. The highest BCUT2D eigenvalue weighted by Gasteiger charge is 2.44. The summed E-state index contributed by atoms with van der Waals surface area (Å²) in [6.07, 6.45) is 2.27. The minimum absolute atomic E-state index is 0.0460. The number of piperidine rings is 2. The van der Waals surface area contributed by atoms with Gasteiger partial charge in [0.1, 0.15) is 0 Å². The average molecular weight is 433 g/mol. The van der Waals surface area contributed by atoms with E-state index in [1.807, 2.05) is 0 Å². The van der Waals surface area contributed by atoms with Crippen molar-refractivity contribution in [1.29, 1.82) is 0 Å². The van der Waals surface area contributed by atoms with E-state index < -0.39 is 16.0 Å². The first-order valence-corrected chi connectivity index (χ1v) is 12.3. The fourth-order valence-corrected chi connectivity index (χ4v) is 6.02. The molecule has 0 aliphatic carbocycles. The number of rotatable bonds is 8. The first-order valence-electron chi connectivity index (χ1n) is 10.9. The van der Waals surface area contributed by atoms with E-state index in [4.69, 9.17) is 9.47 Å². The second-order valence-electron chi connectivity index (χ2n) is 8.01. The van der Waals surface area contributed by atoms with Crippen LogP contribution >= 0.6 is 0 Å². The third-order valence-electron chi connectivity index (χ3n) is 6.40. The Balaban J connectivity index is 1.43. The van der Waals surface area contributed by atoms with Crippen LogP contribution in [0.25, 0.3) is 0 Å². The molecule has 3 aliphatic rings. The summed E-state index contributed by atoms with van der Waals surface area (Å²) in [7, 11) is -3.50. The summed E-state index contributed by atoms with van der Waals surface area (Å²) in [5.41, 5.74) is 0. The predicted molar refractivity (Wildman–Crippen MR) is 109 cm³/mol. The first kappa shape index (κ1) is 22.9. The SMILES string of the molecule is CCN(CC)CCNC(=O)C1CCN(S(=O)(=O)N2CCC3(CC2)OCCO3)CC1. The lowest BCUT2D eigenvalue weighted by atomic mass is 9.97. The lowest BCUT2D eigenvalue weighted by molar-refractivity contribution is -0.179. The number of carbonyl (C=O) groups is 1. The van der Waals surface area contributed by atoms with E-state index in [1.54, 1.807) is 0 Å². The smallest absolute Gasteiger partial charge is 0.281 e. The van der Waals surface area contributed by atoms with Crippen LogP contribution in [0, 0.1) is 5.92 Å². The lowest BCUT2D eigenvalue weighted by Crippen LogP contribution is -2.53. The molecule has 29 heavy (non-hydrogen) atoms. The predicted octanol–water partition coefficient (Wildman–Crippen LogP) is 0.240. The summed E-state index contributed by atoms with van der Waals surface area (Å²) < 4.78 is 40.4. The van der Waals surface area contributed by atoms with Gasteiger partial charge in [-0.3, -0.25) is 4.79 Å². The number of nitrogens with zero attached hydrogens (tertiary/aromatic N) is 3. The largest absolute Gasteiger partial charge is 0.355 e. The van der Waals surface area contributed by atoms with E-state index in [9.17, 15) is 13.2 Å². The van der Waals surface area contributed by atoms with E-state index in [0.29, 0.717) is 71.6 Å². The Bertz CT molecular complexity index is 631. The van der Waals surface area contributed by atoms with Crippen LogP contribution < -0.4 is 5.32 Å². The Labute approximate surface area is 174 Å². The van der Waals surface area contributed by atoms with Crippen molar-refractivity contribution in [2.75, 3.05) is 65.6 Å². The van der Waals surface area contributed by atoms with Gasteiger partial charge < -0.3 is 19.7 Å². The van der Waals surface area contributed by atoms with Gasteiger partial charge in [0.15, 0.2) is 5.79 Å². The van der Waals surface area contributed by atoms with Crippen LogP contribution in [0.2, 0.25) is 0 Å². The van der Waals surface area contributed by atoms with Gasteiger partial charge in [-0.25, -0.2) is 0 Å². The second-order valence-corrected chi connectivity index (χ2v) is 9.93. The van der Waals surface area contributed by atoms with Crippen LogP contribution in [0.1, 0.15) is 39.5 Å². The quantitative estimate of drug-likeness (QED) is 0.591. The van der Waals surface area contributed by atoms with Crippen LogP contribution in [0.3, 0.4) is 0 Å². The molecule has 168 valence electrons. The molecule has 1 N–H and O–H groups in total. The fraction of sp³-hybridized carbons (Fsp3) is 0.947. The molecule has 3 saturated heterocycles. The van der Waals surface area contributed by atoms with Crippen molar-refractivity contribution < 1.29 is 22.7 Å². The number of carbonyl (C=O) groups excluding carboxylic acids is 1. The molecule has 0 unspecified atom stereocenters. The molecule has 3 heterocycles. The van der Waals surface area contributed by atoms with Crippen molar-refractivity contribution in [3.05, 3.63) is 0 Å². The van der Waals surface area contributed by atoms with Gasteiger partial charge >= 0.3 is 0 Å². The highest BCUT2D eigenvalue weighted by molar-refractivity contribution is 7.86. The van der Waals surface area contributed by atoms with Crippen molar-refractivity contribution in [2.24, 2.45) is 5.92 Å². The summed E-state index contributed by atoms with van der Waals surface area (Å²) in [6, 6.07) is 0. The molecule has 10 heteroatoms. The minimum atomic E-state index is -3.50. The Hall–Kier alpha value is -0.780. The van der Waals surface area contributed by atoms with Crippen molar-refractivity contribution in [3.63, 3.8) is 0 Å². The minimum Gasteiger partial charge on any atom is -0.355 e. The summed E-state index contributed by atoms with van der Waals surface area (Å²) in [4.78, 5) is 14.7. The van der Waals surface area contributed by atoms with Crippen molar-refractivity contribution >= 4 is 16.1 Å².